The average Bonchev–Trinajstić information content (AvgIpc) is 2.17. The molecule has 0 aromatic carbocycles. The molecule has 0 bridgehead atoms. The summed E-state index contributed by atoms with van der Waals surface area (Å²) in [6, 6.07) is 0. The number of hydrogen-bond acceptors (Lipinski definition) is 6. The van der Waals surface area contributed by atoms with Crippen LogP contribution >= 0.6 is 12.5 Å². The van der Waals surface area contributed by atoms with Crippen molar-refractivity contribution in [1.29, 1.82) is 1.12 Å². The number of thiol groups is 1. The molecule has 0 rings (SSSR count). The maximum atomic E-state index is 10.0. The van der Waals surface area contributed by atoms with Gasteiger partial charge in [-0.3, -0.25) is 0 Å². The van der Waals surface area contributed by atoms with Gasteiger partial charge in [0.2, 0.25) is 0 Å². The lowest BCUT2D eigenvalue weighted by atomic mass is 10.1. The third kappa shape index (κ3) is 3.08. The summed E-state index contributed by atoms with van der Waals surface area (Å²) in [4.78, 5) is 10.0. The number of hydrogen-bond donors (Lipinski definition) is 5. The van der Waals surface area contributed by atoms with Crippen molar-refractivity contribution in [3.8, 4) is 0 Å². The number of aliphatic hydroxyl groups is 4. The number of carbonyl (C=O) groups excluding carboxylic acids is 1. The summed E-state index contributed by atoms with van der Waals surface area (Å²) < 4.78 is 6.80. The molecule has 0 aromatic heterocycles. The molecule has 4 atom stereocenters. The van der Waals surface area contributed by atoms with E-state index in [1.807, 2.05) is 0 Å². The molecule has 0 aliphatic carbocycles. The van der Waals surface area contributed by atoms with Crippen molar-refractivity contribution < 1.29 is 25.2 Å². The van der Waals surface area contributed by atoms with E-state index in [0.29, 0.717) is 12.5 Å². The van der Waals surface area contributed by atoms with Gasteiger partial charge in [-0.1, -0.05) is 0 Å². The highest BCUT2D eigenvalue weighted by molar-refractivity contribution is 7.81. The van der Waals surface area contributed by atoms with Crippen LogP contribution < -0.4 is 0 Å². The molecule has 5 nitrogen and oxygen atoms in total. The minimum absolute atomic E-state index is 0.0803. The summed E-state index contributed by atoms with van der Waals surface area (Å²) in [5, 5.41) is 34.8. The van der Waals surface area contributed by atoms with Crippen LogP contribution in [0.5, 0.6) is 0 Å². The van der Waals surface area contributed by atoms with Gasteiger partial charge in [-0.2, -0.15) is 12.5 Å². The van der Waals surface area contributed by atoms with Gasteiger partial charge < -0.3 is 25.2 Å². The maximum Gasteiger partial charge on any atom is 0.151 e. The molecule has 0 fully saturated rings. The molecule has 0 spiro atoms. The van der Waals surface area contributed by atoms with Crippen molar-refractivity contribution in [3.05, 3.63) is 0 Å². The lowest BCUT2D eigenvalue weighted by molar-refractivity contribution is -0.126. The van der Waals surface area contributed by atoms with E-state index in [1.54, 1.807) is 0 Å². The summed E-state index contributed by atoms with van der Waals surface area (Å²) in [5.74, 6) is 0. The molecule has 0 heterocycles. The normalized spacial score (nSPS) is 22.2. The van der Waals surface area contributed by atoms with Gasteiger partial charge in [0, 0.05) is 0 Å². The Morgan fingerprint density at radius 2 is 2.00 bits per heavy atom. The lowest BCUT2D eigenvalue weighted by Crippen LogP contribution is -2.44. The van der Waals surface area contributed by atoms with Crippen molar-refractivity contribution in [2.24, 2.45) is 0 Å². The van der Waals surface area contributed by atoms with Crippen LogP contribution in [0, 0.1) is 0 Å². The van der Waals surface area contributed by atoms with Crippen molar-refractivity contribution in [2.45, 2.75) is 23.6 Å². The monoisotopic (exact) mass is 197 g/mol. The van der Waals surface area contributed by atoms with Gasteiger partial charge in [-0.05, 0) is 0 Å². The highest BCUT2D eigenvalue weighted by atomic mass is 32.1. The highest BCUT2D eigenvalue weighted by Crippen LogP contribution is 2.08. The Balaban J connectivity index is 4.20. The SMILES string of the molecule is [2H]S[C@H](CO)[C@@H](O)[C@H](O)[C@@H](O)C=O. The van der Waals surface area contributed by atoms with Crippen molar-refractivity contribution in [2.75, 3.05) is 6.61 Å². The Morgan fingerprint density at radius 3 is 2.33 bits per heavy atom. The quantitative estimate of drug-likeness (QED) is 0.241. The van der Waals surface area contributed by atoms with Gasteiger partial charge in [-0.25, -0.2) is 0 Å². The van der Waals surface area contributed by atoms with E-state index in [2.05, 4.69) is 0 Å². The first-order valence-electron chi connectivity index (χ1n) is 3.71. The predicted octanol–water partition coefficient (Wildman–Crippen LogP) is -2.44. The molecule has 0 saturated carbocycles. The van der Waals surface area contributed by atoms with Gasteiger partial charge in [0.05, 0.1) is 18.0 Å². The smallest absolute Gasteiger partial charge is 0.151 e. The third-order valence-electron chi connectivity index (χ3n) is 1.40. The molecular weight excluding hydrogens is 184 g/mol. The number of aliphatic hydroxyl groups excluding tert-OH is 4. The number of carbonyl (C=O) groups is 1. The number of aldehydes is 1. The standard InChI is InChI=1S/C6H12O5S/c7-1-3(9)5(10)6(11)4(12)2-8/h1,3-6,8-12H,2H2/t3-,4+,5+,6+/m0/s1/i/hD. The Labute approximate surface area is 76.1 Å². The van der Waals surface area contributed by atoms with Crippen LogP contribution in [0.25, 0.3) is 0 Å². The summed E-state index contributed by atoms with van der Waals surface area (Å²) in [5.41, 5.74) is 0. The molecule has 12 heavy (non-hydrogen) atoms. The lowest BCUT2D eigenvalue weighted by Gasteiger charge is -2.22. The Bertz CT molecular complexity index is 154. The molecular formula is C6H12O5S. The first-order chi connectivity index (χ1) is 6.08. The fourth-order valence-corrected chi connectivity index (χ4v) is 0.771. The van der Waals surface area contributed by atoms with E-state index in [-0.39, 0.29) is 6.29 Å². The minimum Gasteiger partial charge on any atom is -0.395 e. The second kappa shape index (κ2) is 5.50. The second-order valence-electron chi connectivity index (χ2n) is 2.33. The van der Waals surface area contributed by atoms with Gasteiger partial charge in [0.25, 0.3) is 0 Å². The molecule has 0 aliphatic rings. The molecule has 6 heteroatoms. The third-order valence-corrected chi connectivity index (χ3v) is 1.83. The van der Waals surface area contributed by atoms with Crippen molar-refractivity contribution >= 4 is 18.8 Å². The van der Waals surface area contributed by atoms with Crippen LogP contribution in [0.1, 0.15) is 0 Å². The average molecular weight is 197 g/mol. The summed E-state index contributed by atoms with van der Waals surface area (Å²) in [6.45, 7) is -0.516. The Hall–Kier alpha value is -0.140. The van der Waals surface area contributed by atoms with Crippen LogP contribution in [0.2, 0.25) is 0 Å². The minimum atomic E-state index is -1.70. The zero-order chi connectivity index (χ0) is 10.4. The van der Waals surface area contributed by atoms with E-state index in [0.717, 1.165) is 0 Å². The Morgan fingerprint density at radius 1 is 1.42 bits per heavy atom. The predicted molar refractivity (Wildman–Crippen MR) is 43.9 cm³/mol. The highest BCUT2D eigenvalue weighted by Gasteiger charge is 2.28. The zero-order valence-corrected chi connectivity index (χ0v) is 7.02. The van der Waals surface area contributed by atoms with E-state index < -0.39 is 30.2 Å². The largest absolute Gasteiger partial charge is 0.395 e. The molecule has 0 radical (unpaired) electrons. The van der Waals surface area contributed by atoms with Crippen LogP contribution in [0.15, 0.2) is 0 Å². The summed E-state index contributed by atoms with van der Waals surface area (Å²) in [7, 11) is 0. The van der Waals surface area contributed by atoms with Crippen molar-refractivity contribution in [1.82, 2.24) is 0 Å². The fourth-order valence-electron chi connectivity index (χ4n) is 0.610. The van der Waals surface area contributed by atoms with E-state index >= 15 is 0 Å². The maximum absolute atomic E-state index is 10.0. The first kappa shape index (κ1) is 9.94. The van der Waals surface area contributed by atoms with Gasteiger partial charge in [0.1, 0.15) is 13.3 Å². The molecule has 0 aromatic rings. The number of rotatable bonds is 6. The molecule has 72 valence electrons. The van der Waals surface area contributed by atoms with Gasteiger partial charge in [-0.15, -0.1) is 0 Å². The summed E-state index contributed by atoms with van der Waals surface area (Å²) in [6.07, 6.45) is -4.80. The van der Waals surface area contributed by atoms with E-state index in [4.69, 9.17) is 16.4 Å². The molecule has 4 N–H and O–H groups in total. The van der Waals surface area contributed by atoms with Crippen molar-refractivity contribution in [3.63, 3.8) is 0 Å². The second-order valence-corrected chi connectivity index (χ2v) is 2.93. The molecule has 0 amide bonds. The van der Waals surface area contributed by atoms with Crippen LogP contribution in [-0.2, 0) is 4.79 Å². The van der Waals surface area contributed by atoms with E-state index in [1.165, 1.54) is 0 Å². The zero-order valence-electron chi connectivity index (χ0n) is 7.20. The van der Waals surface area contributed by atoms with Crippen LogP contribution in [0.4, 0.5) is 0 Å². The van der Waals surface area contributed by atoms with Gasteiger partial charge in [0.15, 0.2) is 6.29 Å². The first-order valence-corrected chi connectivity index (χ1v) is 3.78. The fraction of sp³-hybridized carbons (Fsp3) is 0.833. The topological polar surface area (TPSA) is 98.0 Å². The molecule has 0 saturated heterocycles. The van der Waals surface area contributed by atoms with E-state index in [9.17, 15) is 9.90 Å². The Kier molecular flexibility index (Phi) is 4.55. The molecule has 0 aliphatic heterocycles. The van der Waals surface area contributed by atoms with Gasteiger partial charge >= 0.3 is 0 Å². The van der Waals surface area contributed by atoms with Crippen LogP contribution in [0.3, 0.4) is 0 Å². The summed E-state index contributed by atoms with van der Waals surface area (Å²) >= 11 is 0.397. The van der Waals surface area contributed by atoms with Crippen LogP contribution in [-0.4, -0.2) is 58.0 Å². The molecule has 0 unspecified atom stereocenters.